The highest BCUT2D eigenvalue weighted by molar-refractivity contribution is 5.97. The molecule has 202 valence electrons. The number of amides is 1. The summed E-state index contributed by atoms with van der Waals surface area (Å²) in [7, 11) is 0. The lowest BCUT2D eigenvalue weighted by atomic mass is 9.83. The normalized spacial score (nSPS) is 21.9. The second-order valence-electron chi connectivity index (χ2n) is 10.6. The molecule has 1 amide bonds. The molecule has 2 aromatic rings. The molecular weight excluding hydrogens is 540 g/mol. The molecule has 0 radical (unpaired) electrons. The number of hydrogen-bond donors (Lipinski definition) is 2. The van der Waals surface area contributed by atoms with Crippen LogP contribution >= 0.6 is 0 Å². The van der Waals surface area contributed by atoms with Crippen LogP contribution in [0.15, 0.2) is 54.6 Å². The number of ketones is 1. The standard InChI is InChI=1S/C17H21NO4.C11H15NO2.BrH/c1-12(19)22-17-11-18(8-6-14(17)7-9-18)10-16(21)13-2-4-15(20)5-3-13;1-11(2,3)14-10(13)12-9-7-5-4-6-8-9;/h2-5,14,17H,6-11H2,1H3;4-8H,1-3H3,(H,12,13);1H/t14?,17-,18?;;/m0../s1. The fourth-order valence-corrected chi connectivity index (χ4v) is 4.78. The van der Waals surface area contributed by atoms with Crippen molar-refractivity contribution < 1.29 is 50.4 Å². The van der Waals surface area contributed by atoms with E-state index < -0.39 is 11.7 Å². The average molecular weight is 578 g/mol. The van der Waals surface area contributed by atoms with Crippen LogP contribution < -0.4 is 22.3 Å². The van der Waals surface area contributed by atoms with Gasteiger partial charge in [-0.3, -0.25) is 14.9 Å². The molecule has 0 spiro atoms. The number of halogens is 1. The van der Waals surface area contributed by atoms with Gasteiger partial charge in [0, 0.05) is 36.9 Å². The van der Waals surface area contributed by atoms with E-state index in [0.29, 0.717) is 22.5 Å². The first-order valence-electron chi connectivity index (χ1n) is 12.3. The average Bonchev–Trinajstić information content (AvgIpc) is 2.79. The second-order valence-corrected chi connectivity index (χ2v) is 10.6. The number of para-hydroxylation sites is 1. The fourth-order valence-electron chi connectivity index (χ4n) is 4.78. The van der Waals surface area contributed by atoms with Crippen LogP contribution in [0.3, 0.4) is 0 Å². The Balaban J connectivity index is 0.000000280. The van der Waals surface area contributed by atoms with Crippen molar-refractivity contribution in [2.75, 3.05) is 31.5 Å². The number of nitrogens with one attached hydrogen (secondary N) is 1. The lowest BCUT2D eigenvalue weighted by molar-refractivity contribution is -0.938. The summed E-state index contributed by atoms with van der Waals surface area (Å²) in [5, 5.41) is 12.0. The number of hydrogen-bond acceptors (Lipinski definition) is 6. The maximum Gasteiger partial charge on any atom is 0.412 e. The van der Waals surface area contributed by atoms with Crippen molar-refractivity contribution >= 4 is 23.5 Å². The number of anilines is 1. The highest BCUT2D eigenvalue weighted by Crippen LogP contribution is 2.35. The van der Waals surface area contributed by atoms with Crippen LogP contribution in [0.25, 0.3) is 0 Å². The summed E-state index contributed by atoms with van der Waals surface area (Å²) in [6.45, 7) is 10.1. The first-order valence-corrected chi connectivity index (χ1v) is 12.3. The second kappa shape index (κ2) is 13.1. The van der Waals surface area contributed by atoms with Crippen LogP contribution in [0, 0.1) is 5.92 Å². The Bertz CT molecular complexity index is 1040. The van der Waals surface area contributed by atoms with Crippen LogP contribution in [0.2, 0.25) is 0 Å². The summed E-state index contributed by atoms with van der Waals surface area (Å²) < 4.78 is 11.3. The van der Waals surface area contributed by atoms with Crippen molar-refractivity contribution in [1.82, 2.24) is 0 Å². The van der Waals surface area contributed by atoms with Crippen LogP contribution in [-0.2, 0) is 14.3 Å². The Morgan fingerprint density at radius 3 is 2.14 bits per heavy atom. The summed E-state index contributed by atoms with van der Waals surface area (Å²) in [6, 6.07) is 15.6. The number of Topliss-reactive ketones (excluding diaryl/α,β-unsaturated/α-hetero) is 1. The molecule has 0 unspecified atom stereocenters. The minimum Gasteiger partial charge on any atom is -1.00 e. The molecule has 37 heavy (non-hydrogen) atoms. The fraction of sp³-hybridized carbons (Fsp3) is 0.464. The molecule has 0 saturated carbocycles. The smallest absolute Gasteiger partial charge is 0.412 e. The number of phenols is 1. The van der Waals surface area contributed by atoms with Gasteiger partial charge in [-0.1, -0.05) is 18.2 Å². The molecule has 2 bridgehead atoms. The monoisotopic (exact) mass is 576 g/mol. The van der Waals surface area contributed by atoms with E-state index in [1.54, 1.807) is 12.1 Å². The molecule has 8 nitrogen and oxygen atoms in total. The van der Waals surface area contributed by atoms with Crippen LogP contribution in [-0.4, -0.2) is 65.3 Å². The van der Waals surface area contributed by atoms with E-state index in [2.05, 4.69) is 5.32 Å². The van der Waals surface area contributed by atoms with Crippen LogP contribution in [0.1, 0.15) is 50.9 Å². The first kappa shape index (κ1) is 30.3. The summed E-state index contributed by atoms with van der Waals surface area (Å²) in [5.74, 6) is 0.466. The summed E-state index contributed by atoms with van der Waals surface area (Å²) in [4.78, 5) is 35.1. The van der Waals surface area contributed by atoms with Gasteiger partial charge in [-0.05, 0) is 57.2 Å². The maximum absolute atomic E-state index is 12.5. The summed E-state index contributed by atoms with van der Waals surface area (Å²) >= 11 is 0. The molecule has 9 heteroatoms. The topological polar surface area (TPSA) is 102 Å². The lowest BCUT2D eigenvalue weighted by Crippen LogP contribution is -3.00. The number of phenolic OH excluding ortho intramolecular Hbond substituents is 1. The zero-order valence-corrected chi connectivity index (χ0v) is 23.5. The molecule has 0 aromatic heterocycles. The van der Waals surface area contributed by atoms with Gasteiger partial charge < -0.3 is 36.0 Å². The number of quaternary nitrogens is 1. The molecule has 3 fully saturated rings. The molecular formula is C28H37BrN2O6. The van der Waals surface area contributed by atoms with Gasteiger partial charge in [0.2, 0.25) is 5.78 Å². The van der Waals surface area contributed by atoms with E-state index in [1.165, 1.54) is 19.1 Å². The van der Waals surface area contributed by atoms with Gasteiger partial charge in [-0.2, -0.15) is 0 Å². The van der Waals surface area contributed by atoms with E-state index in [9.17, 15) is 19.5 Å². The first-order chi connectivity index (χ1) is 16.9. The zero-order valence-electron chi connectivity index (χ0n) is 21.9. The van der Waals surface area contributed by atoms with E-state index in [1.807, 2.05) is 51.1 Å². The number of ether oxygens (including phenoxy) is 2. The number of esters is 1. The summed E-state index contributed by atoms with van der Waals surface area (Å²) in [5.41, 5.74) is 0.905. The lowest BCUT2D eigenvalue weighted by Gasteiger charge is -2.51. The SMILES string of the molecule is CC(=O)O[C@H]1C[N+]2(CC(=O)c3ccc(O)cc3)CCC1CC2.CC(C)(C)OC(=O)Nc1ccccc1.[Br-]. The molecule has 0 aliphatic carbocycles. The van der Waals surface area contributed by atoms with Crippen molar-refractivity contribution in [3.63, 3.8) is 0 Å². The Morgan fingerprint density at radius 1 is 1.00 bits per heavy atom. The number of aromatic hydroxyl groups is 1. The molecule has 3 heterocycles. The predicted octanol–water partition coefficient (Wildman–Crippen LogP) is 1.78. The van der Waals surface area contributed by atoms with E-state index in [-0.39, 0.29) is 40.6 Å². The third-order valence-corrected chi connectivity index (χ3v) is 6.45. The number of carbonyl (C=O) groups is 3. The minimum atomic E-state index is -0.459. The van der Waals surface area contributed by atoms with Crippen molar-refractivity contribution in [3.05, 3.63) is 60.2 Å². The third kappa shape index (κ3) is 9.48. The zero-order chi connectivity index (χ0) is 26.3. The third-order valence-electron chi connectivity index (χ3n) is 6.45. The van der Waals surface area contributed by atoms with Gasteiger partial charge in [0.25, 0.3) is 0 Å². The van der Waals surface area contributed by atoms with Gasteiger partial charge >= 0.3 is 12.1 Å². The van der Waals surface area contributed by atoms with E-state index >= 15 is 0 Å². The van der Waals surface area contributed by atoms with Gasteiger partial charge in [-0.15, -0.1) is 0 Å². The van der Waals surface area contributed by atoms with Crippen LogP contribution in [0.5, 0.6) is 5.75 Å². The molecule has 3 aliphatic rings. The van der Waals surface area contributed by atoms with E-state index in [0.717, 1.165) is 38.2 Å². The largest absolute Gasteiger partial charge is 1.00 e. The number of piperidine rings is 3. The Morgan fingerprint density at radius 2 is 1.59 bits per heavy atom. The highest BCUT2D eigenvalue weighted by atomic mass is 79.9. The summed E-state index contributed by atoms with van der Waals surface area (Å²) in [6.07, 6.45) is 1.55. The van der Waals surface area contributed by atoms with Crippen molar-refractivity contribution in [2.45, 2.75) is 52.2 Å². The van der Waals surface area contributed by atoms with Crippen molar-refractivity contribution in [1.29, 1.82) is 0 Å². The van der Waals surface area contributed by atoms with E-state index in [4.69, 9.17) is 9.47 Å². The molecule has 1 atom stereocenters. The van der Waals surface area contributed by atoms with Crippen molar-refractivity contribution in [2.24, 2.45) is 5.92 Å². The minimum absolute atomic E-state index is 0. The van der Waals surface area contributed by atoms with Gasteiger partial charge in [0.1, 0.15) is 24.4 Å². The van der Waals surface area contributed by atoms with Crippen molar-refractivity contribution in [3.8, 4) is 5.75 Å². The Hall–Kier alpha value is -2.91. The molecule has 2 N–H and O–H groups in total. The van der Waals surface area contributed by atoms with Gasteiger partial charge in [-0.25, -0.2) is 4.79 Å². The number of benzene rings is 2. The maximum atomic E-state index is 12.5. The quantitative estimate of drug-likeness (QED) is 0.319. The Kier molecular flexibility index (Phi) is 10.7. The van der Waals surface area contributed by atoms with Gasteiger partial charge in [0.05, 0.1) is 13.1 Å². The Labute approximate surface area is 229 Å². The molecule has 3 saturated heterocycles. The molecule has 3 aliphatic heterocycles. The molecule has 2 aromatic carbocycles. The van der Waals surface area contributed by atoms with Gasteiger partial charge in [0.15, 0.2) is 6.10 Å². The van der Waals surface area contributed by atoms with Crippen LogP contribution in [0.4, 0.5) is 10.5 Å². The number of rotatable bonds is 5. The number of carbonyl (C=O) groups excluding carboxylic acids is 3. The molecule has 5 rings (SSSR count). The number of fused-ring (bicyclic) bond motifs is 3. The predicted molar refractivity (Wildman–Crippen MR) is 137 cm³/mol. The number of nitrogens with zero attached hydrogens (tertiary/aromatic N) is 1. The highest BCUT2D eigenvalue weighted by Gasteiger charge is 2.48.